The first-order valence-corrected chi connectivity index (χ1v) is 14.2. The molecular formula is C40H28N2. The Morgan fingerprint density at radius 3 is 1.86 bits per heavy atom. The van der Waals surface area contributed by atoms with Gasteiger partial charge in [-0.2, -0.15) is 0 Å². The van der Waals surface area contributed by atoms with E-state index in [0.717, 1.165) is 55.0 Å². The van der Waals surface area contributed by atoms with Gasteiger partial charge in [-0.05, 0) is 92.1 Å². The van der Waals surface area contributed by atoms with Gasteiger partial charge in [0.15, 0.2) is 0 Å². The largest absolute Gasteiger partial charge is 0.297 e. The van der Waals surface area contributed by atoms with E-state index in [-0.39, 0.29) is 5.82 Å². The normalized spacial score (nSPS) is 12.8. The lowest BCUT2D eigenvalue weighted by Crippen LogP contribution is -1.97. The number of rotatable bonds is 4. The fraction of sp³-hybridized carbons (Fsp3) is 0.0250. The van der Waals surface area contributed by atoms with Gasteiger partial charge in [-0.1, -0.05) is 121 Å². The van der Waals surface area contributed by atoms with Crippen LogP contribution in [0.3, 0.4) is 0 Å². The van der Waals surface area contributed by atoms with Crippen LogP contribution in [0.4, 0.5) is 0 Å². The molecule has 0 aliphatic heterocycles. The second-order valence-electron chi connectivity index (χ2n) is 10.6. The van der Waals surface area contributed by atoms with Gasteiger partial charge in [0.25, 0.3) is 0 Å². The fourth-order valence-corrected chi connectivity index (χ4v) is 6.30. The van der Waals surface area contributed by atoms with Gasteiger partial charge < -0.3 is 0 Å². The molecule has 0 unspecified atom stereocenters. The number of benzene rings is 7. The molecule has 0 radical (unpaired) electrons. The summed E-state index contributed by atoms with van der Waals surface area (Å²) in [5, 5.41) is 4.60. The maximum absolute atomic E-state index is 8.28. The van der Waals surface area contributed by atoms with E-state index in [1.54, 1.807) is 4.57 Å². The van der Waals surface area contributed by atoms with E-state index in [1.807, 2.05) is 42.5 Å². The van der Waals surface area contributed by atoms with Gasteiger partial charge in [-0.25, -0.2) is 4.98 Å². The van der Waals surface area contributed by atoms with Crippen LogP contribution in [0.1, 0.15) is 9.94 Å². The van der Waals surface area contributed by atoms with Gasteiger partial charge in [0.05, 0.1) is 11.0 Å². The molecule has 0 bridgehead atoms. The molecule has 2 nitrogen and oxygen atoms in total. The third kappa shape index (κ3) is 3.92. The smallest absolute Gasteiger partial charge is 0.111 e. The van der Waals surface area contributed by atoms with Crippen LogP contribution in [0.2, 0.25) is 0 Å². The second-order valence-corrected chi connectivity index (χ2v) is 10.6. The van der Waals surface area contributed by atoms with Crippen molar-refractivity contribution in [2.45, 2.75) is 6.85 Å². The van der Waals surface area contributed by atoms with Crippen LogP contribution in [0.25, 0.3) is 71.6 Å². The van der Waals surface area contributed by atoms with E-state index >= 15 is 0 Å². The highest BCUT2D eigenvalue weighted by Gasteiger charge is 2.18. The number of para-hydroxylation sites is 2. The Kier molecular flexibility index (Phi) is 5.00. The van der Waals surface area contributed by atoms with Crippen LogP contribution < -0.4 is 0 Å². The van der Waals surface area contributed by atoms with E-state index < -0.39 is 6.85 Å². The van der Waals surface area contributed by atoms with E-state index in [2.05, 4.69) is 114 Å². The van der Waals surface area contributed by atoms with Crippen molar-refractivity contribution in [2.75, 3.05) is 0 Å². The van der Waals surface area contributed by atoms with Gasteiger partial charge >= 0.3 is 0 Å². The van der Waals surface area contributed by atoms with Crippen molar-refractivity contribution in [2.24, 2.45) is 0 Å². The SMILES string of the molecule is [2H]C([2H])([2H])c1nc2ccccc2n1-c1cccc(-c2c3ccccc3c(-c3ccccc3)c3cc(-c4ccccc4)ccc23)c1. The number of nitrogens with zero attached hydrogens (tertiary/aromatic N) is 2. The summed E-state index contributed by atoms with van der Waals surface area (Å²) in [5.41, 5.74) is 8.99. The van der Waals surface area contributed by atoms with Crippen molar-refractivity contribution in [3.63, 3.8) is 0 Å². The average molecular weight is 540 g/mol. The van der Waals surface area contributed by atoms with Gasteiger partial charge in [0.2, 0.25) is 0 Å². The average Bonchev–Trinajstić information content (AvgIpc) is 3.48. The number of imidazole rings is 1. The summed E-state index contributed by atoms with van der Waals surface area (Å²) in [6.07, 6.45) is 0. The molecule has 42 heavy (non-hydrogen) atoms. The topological polar surface area (TPSA) is 17.8 Å². The molecule has 0 aliphatic rings. The molecule has 1 heterocycles. The molecule has 0 spiro atoms. The molecule has 2 heteroatoms. The van der Waals surface area contributed by atoms with Crippen LogP contribution in [0.5, 0.6) is 0 Å². The molecule has 0 amide bonds. The van der Waals surface area contributed by atoms with E-state index in [1.165, 1.54) is 11.1 Å². The first-order valence-electron chi connectivity index (χ1n) is 15.7. The van der Waals surface area contributed by atoms with Crippen molar-refractivity contribution in [3.05, 3.63) is 157 Å². The Balaban J connectivity index is 1.45. The Labute approximate surface area is 249 Å². The number of fused-ring (bicyclic) bond motifs is 3. The lowest BCUT2D eigenvalue weighted by atomic mass is 9.85. The lowest BCUT2D eigenvalue weighted by molar-refractivity contribution is 1.00. The van der Waals surface area contributed by atoms with Gasteiger partial charge in [-0.15, -0.1) is 0 Å². The summed E-state index contributed by atoms with van der Waals surface area (Å²) in [6.45, 7) is -2.38. The molecule has 0 saturated carbocycles. The monoisotopic (exact) mass is 539 g/mol. The Hall–Kier alpha value is -5.47. The zero-order valence-electron chi connectivity index (χ0n) is 25.8. The number of aryl methyl sites for hydroxylation is 1. The van der Waals surface area contributed by atoms with Gasteiger partial charge in [-0.3, -0.25) is 4.57 Å². The van der Waals surface area contributed by atoms with Crippen molar-refractivity contribution in [1.82, 2.24) is 9.55 Å². The second kappa shape index (κ2) is 9.87. The standard InChI is InChI=1S/C40H28N2/c1-27-41-37-21-10-11-22-38(37)42(27)32-18-12-17-31(25-32)40-34-20-9-8-19-33(34)39(29-15-6-3-7-16-29)36-26-30(23-24-35(36)40)28-13-4-2-5-14-28/h2-26H,1H3/i1D3. The van der Waals surface area contributed by atoms with Crippen molar-refractivity contribution >= 4 is 32.6 Å². The van der Waals surface area contributed by atoms with Gasteiger partial charge in [0, 0.05) is 9.80 Å². The number of hydrogen-bond acceptors (Lipinski definition) is 1. The van der Waals surface area contributed by atoms with Crippen molar-refractivity contribution in [1.29, 1.82) is 0 Å². The number of aromatic nitrogens is 2. The summed E-state index contributed by atoms with van der Waals surface area (Å²) in [5.74, 6) is 0.0579. The third-order valence-corrected chi connectivity index (χ3v) is 8.15. The predicted octanol–water partition coefficient (Wildman–Crippen LogP) is 10.6. The molecule has 0 atom stereocenters. The molecule has 0 saturated heterocycles. The summed E-state index contributed by atoms with van der Waals surface area (Å²) in [7, 11) is 0. The zero-order valence-corrected chi connectivity index (χ0v) is 22.8. The maximum Gasteiger partial charge on any atom is 0.111 e. The highest BCUT2D eigenvalue weighted by Crippen LogP contribution is 2.45. The molecule has 0 N–H and O–H groups in total. The quantitative estimate of drug-likeness (QED) is 0.203. The molecule has 0 fully saturated rings. The van der Waals surface area contributed by atoms with Crippen molar-refractivity contribution < 1.29 is 4.11 Å². The Bertz CT molecular complexity index is 2350. The summed E-state index contributed by atoms with van der Waals surface area (Å²) < 4.78 is 26.6. The van der Waals surface area contributed by atoms with Crippen LogP contribution >= 0.6 is 0 Å². The maximum atomic E-state index is 8.28. The zero-order chi connectivity index (χ0) is 30.5. The lowest BCUT2D eigenvalue weighted by Gasteiger charge is -2.19. The molecule has 8 rings (SSSR count). The highest BCUT2D eigenvalue weighted by atomic mass is 15.1. The first kappa shape index (κ1) is 21.3. The van der Waals surface area contributed by atoms with E-state index in [9.17, 15) is 0 Å². The first-order chi connectivity index (χ1) is 22.0. The summed E-state index contributed by atoms with van der Waals surface area (Å²) in [4.78, 5) is 4.55. The van der Waals surface area contributed by atoms with E-state index in [0.29, 0.717) is 5.52 Å². The van der Waals surface area contributed by atoms with E-state index in [4.69, 9.17) is 4.11 Å². The number of hydrogen-bond donors (Lipinski definition) is 0. The predicted molar refractivity (Wildman–Crippen MR) is 177 cm³/mol. The minimum Gasteiger partial charge on any atom is -0.297 e. The minimum absolute atomic E-state index is 0.0579. The van der Waals surface area contributed by atoms with Crippen LogP contribution in [0, 0.1) is 6.85 Å². The molecule has 198 valence electrons. The minimum atomic E-state index is -2.38. The Morgan fingerprint density at radius 1 is 0.476 bits per heavy atom. The third-order valence-electron chi connectivity index (χ3n) is 8.15. The molecule has 0 aliphatic carbocycles. The molecule has 8 aromatic rings. The van der Waals surface area contributed by atoms with Gasteiger partial charge in [0.1, 0.15) is 5.82 Å². The molecule has 1 aromatic heterocycles. The van der Waals surface area contributed by atoms with Crippen LogP contribution in [-0.4, -0.2) is 9.55 Å². The Morgan fingerprint density at radius 2 is 1.10 bits per heavy atom. The molecular weight excluding hydrogens is 508 g/mol. The highest BCUT2D eigenvalue weighted by molar-refractivity contribution is 6.22. The van der Waals surface area contributed by atoms with Crippen molar-refractivity contribution in [3.8, 4) is 39.1 Å². The van der Waals surface area contributed by atoms with Crippen LogP contribution in [-0.2, 0) is 0 Å². The summed E-state index contributed by atoms with van der Waals surface area (Å²) >= 11 is 0. The summed E-state index contributed by atoms with van der Waals surface area (Å²) in [6, 6.07) is 52.2. The molecule has 7 aromatic carbocycles. The fourth-order valence-electron chi connectivity index (χ4n) is 6.30. The van der Waals surface area contributed by atoms with Crippen LogP contribution in [0.15, 0.2) is 152 Å².